The van der Waals surface area contributed by atoms with Crippen molar-refractivity contribution in [3.8, 4) is 0 Å². The standard InChI is InChI=1S/C7H10N2OS/c1-5-6(3-4-10)11-7(8-2)9-5/h4H,3H2,1-2H3,(H,8,9). The van der Waals surface area contributed by atoms with E-state index in [0.29, 0.717) is 6.42 Å². The van der Waals surface area contributed by atoms with Crippen LogP contribution in [0.5, 0.6) is 0 Å². The Bertz CT molecular complexity index is 257. The molecule has 0 amide bonds. The van der Waals surface area contributed by atoms with Crippen molar-refractivity contribution >= 4 is 22.8 Å². The van der Waals surface area contributed by atoms with Crippen molar-refractivity contribution in [3.05, 3.63) is 10.6 Å². The minimum atomic E-state index is 0.477. The number of nitrogens with zero attached hydrogens (tertiary/aromatic N) is 1. The zero-order valence-electron chi connectivity index (χ0n) is 6.55. The Morgan fingerprint density at radius 2 is 2.45 bits per heavy atom. The number of carbonyl (C=O) groups excluding carboxylic acids is 1. The average Bonchev–Trinajstić information content (AvgIpc) is 2.33. The predicted octanol–water partition coefficient (Wildman–Crippen LogP) is 1.23. The summed E-state index contributed by atoms with van der Waals surface area (Å²) in [5.41, 5.74) is 0.950. The summed E-state index contributed by atoms with van der Waals surface area (Å²) >= 11 is 1.53. The first-order chi connectivity index (χ1) is 5.27. The molecule has 11 heavy (non-hydrogen) atoms. The van der Waals surface area contributed by atoms with E-state index in [1.807, 2.05) is 14.0 Å². The third-order valence-electron chi connectivity index (χ3n) is 1.38. The Kier molecular flexibility index (Phi) is 2.59. The summed E-state index contributed by atoms with van der Waals surface area (Å²) in [7, 11) is 1.82. The molecule has 0 aliphatic carbocycles. The van der Waals surface area contributed by atoms with E-state index in [9.17, 15) is 4.79 Å². The lowest BCUT2D eigenvalue weighted by molar-refractivity contribution is -0.107. The number of carbonyl (C=O) groups is 1. The van der Waals surface area contributed by atoms with Crippen molar-refractivity contribution in [2.45, 2.75) is 13.3 Å². The molecule has 0 radical (unpaired) electrons. The molecule has 60 valence electrons. The van der Waals surface area contributed by atoms with Crippen molar-refractivity contribution in [2.75, 3.05) is 12.4 Å². The van der Waals surface area contributed by atoms with Crippen molar-refractivity contribution in [2.24, 2.45) is 0 Å². The molecule has 0 aliphatic heterocycles. The fraction of sp³-hybridized carbons (Fsp3) is 0.429. The van der Waals surface area contributed by atoms with Crippen LogP contribution < -0.4 is 5.32 Å². The maximum Gasteiger partial charge on any atom is 0.182 e. The summed E-state index contributed by atoms with van der Waals surface area (Å²) in [6, 6.07) is 0. The van der Waals surface area contributed by atoms with Gasteiger partial charge in [-0.15, -0.1) is 11.3 Å². The van der Waals surface area contributed by atoms with Crippen LogP contribution in [-0.4, -0.2) is 18.3 Å². The lowest BCUT2D eigenvalue weighted by Gasteiger charge is -1.85. The van der Waals surface area contributed by atoms with Crippen LogP contribution in [0.2, 0.25) is 0 Å². The van der Waals surface area contributed by atoms with Crippen LogP contribution in [0.15, 0.2) is 0 Å². The van der Waals surface area contributed by atoms with Gasteiger partial charge in [-0.1, -0.05) is 0 Å². The lowest BCUT2D eigenvalue weighted by atomic mass is 10.3. The van der Waals surface area contributed by atoms with Crippen molar-refractivity contribution in [1.82, 2.24) is 4.98 Å². The summed E-state index contributed by atoms with van der Waals surface area (Å²) in [4.78, 5) is 15.4. The maximum absolute atomic E-state index is 10.2. The number of thiazole rings is 1. The molecule has 0 saturated carbocycles. The minimum absolute atomic E-state index is 0.477. The molecule has 1 aromatic heterocycles. The second-order valence-corrected chi connectivity index (χ2v) is 3.23. The number of anilines is 1. The highest BCUT2D eigenvalue weighted by molar-refractivity contribution is 7.15. The minimum Gasteiger partial charge on any atom is -0.365 e. The van der Waals surface area contributed by atoms with Gasteiger partial charge in [0.25, 0.3) is 0 Å². The molecule has 0 aromatic carbocycles. The average molecular weight is 170 g/mol. The van der Waals surface area contributed by atoms with Crippen LogP contribution in [-0.2, 0) is 11.2 Å². The second-order valence-electron chi connectivity index (χ2n) is 2.15. The van der Waals surface area contributed by atoms with Crippen molar-refractivity contribution in [3.63, 3.8) is 0 Å². The molecule has 0 unspecified atom stereocenters. The molecule has 0 aliphatic rings. The summed E-state index contributed by atoms with van der Waals surface area (Å²) in [6.45, 7) is 1.91. The van der Waals surface area contributed by atoms with E-state index >= 15 is 0 Å². The number of aldehydes is 1. The van der Waals surface area contributed by atoms with Gasteiger partial charge < -0.3 is 10.1 Å². The van der Waals surface area contributed by atoms with Gasteiger partial charge in [0.1, 0.15) is 6.29 Å². The van der Waals surface area contributed by atoms with Gasteiger partial charge in [0, 0.05) is 18.3 Å². The highest BCUT2D eigenvalue weighted by atomic mass is 32.1. The molecule has 0 spiro atoms. The van der Waals surface area contributed by atoms with Crippen LogP contribution in [0.4, 0.5) is 5.13 Å². The van der Waals surface area contributed by atoms with Crippen LogP contribution >= 0.6 is 11.3 Å². The highest BCUT2D eigenvalue weighted by Crippen LogP contribution is 2.21. The molecular formula is C7H10N2OS. The van der Waals surface area contributed by atoms with E-state index in [2.05, 4.69) is 10.3 Å². The maximum atomic E-state index is 10.2. The van der Waals surface area contributed by atoms with Crippen LogP contribution in [0, 0.1) is 6.92 Å². The normalized spacial score (nSPS) is 9.64. The first-order valence-electron chi connectivity index (χ1n) is 3.35. The smallest absolute Gasteiger partial charge is 0.182 e. The molecule has 0 bridgehead atoms. The van der Waals surface area contributed by atoms with Gasteiger partial charge in [-0.25, -0.2) is 4.98 Å². The first-order valence-corrected chi connectivity index (χ1v) is 4.17. The zero-order valence-corrected chi connectivity index (χ0v) is 7.36. The highest BCUT2D eigenvalue weighted by Gasteiger charge is 2.04. The molecular weight excluding hydrogens is 160 g/mol. The van der Waals surface area contributed by atoms with Crippen molar-refractivity contribution < 1.29 is 4.79 Å². The second kappa shape index (κ2) is 3.48. The Morgan fingerprint density at radius 1 is 1.73 bits per heavy atom. The Balaban J connectivity index is 2.87. The number of hydrogen-bond acceptors (Lipinski definition) is 4. The number of aryl methyl sites for hydroxylation is 1. The lowest BCUT2D eigenvalue weighted by Crippen LogP contribution is -1.85. The molecule has 1 aromatic rings. The molecule has 1 heterocycles. The molecule has 0 fully saturated rings. The third-order valence-corrected chi connectivity index (χ3v) is 2.57. The molecule has 0 saturated heterocycles. The zero-order chi connectivity index (χ0) is 8.27. The Hall–Kier alpha value is -0.900. The van der Waals surface area contributed by atoms with Crippen molar-refractivity contribution in [1.29, 1.82) is 0 Å². The fourth-order valence-electron chi connectivity index (χ4n) is 0.800. The first kappa shape index (κ1) is 8.20. The monoisotopic (exact) mass is 170 g/mol. The summed E-state index contributed by atoms with van der Waals surface area (Å²) < 4.78 is 0. The summed E-state index contributed by atoms with van der Waals surface area (Å²) in [5, 5.41) is 3.81. The van der Waals surface area contributed by atoms with Crippen LogP contribution in [0.1, 0.15) is 10.6 Å². The Morgan fingerprint density at radius 3 is 2.91 bits per heavy atom. The number of nitrogens with one attached hydrogen (secondary N) is 1. The molecule has 3 nitrogen and oxygen atoms in total. The SMILES string of the molecule is CNc1nc(C)c(CC=O)s1. The van der Waals surface area contributed by atoms with E-state index < -0.39 is 0 Å². The van der Waals surface area contributed by atoms with Gasteiger partial charge in [-0.05, 0) is 6.92 Å². The molecule has 0 atom stereocenters. The quantitative estimate of drug-likeness (QED) is 0.694. The van der Waals surface area contributed by atoms with E-state index in [1.54, 1.807) is 0 Å². The molecule has 4 heteroatoms. The van der Waals surface area contributed by atoms with Gasteiger partial charge in [0.2, 0.25) is 0 Å². The topological polar surface area (TPSA) is 42.0 Å². The van der Waals surface area contributed by atoms with Crippen LogP contribution in [0.25, 0.3) is 0 Å². The van der Waals surface area contributed by atoms with Gasteiger partial charge >= 0.3 is 0 Å². The fourth-order valence-corrected chi connectivity index (χ4v) is 1.66. The number of hydrogen-bond donors (Lipinski definition) is 1. The molecule has 1 N–H and O–H groups in total. The predicted molar refractivity (Wildman–Crippen MR) is 46.2 cm³/mol. The van der Waals surface area contributed by atoms with Gasteiger partial charge in [0.15, 0.2) is 5.13 Å². The number of aromatic nitrogens is 1. The van der Waals surface area contributed by atoms with Gasteiger partial charge in [-0.2, -0.15) is 0 Å². The van der Waals surface area contributed by atoms with E-state index in [4.69, 9.17) is 0 Å². The Labute approximate surface area is 69.5 Å². The van der Waals surface area contributed by atoms with E-state index in [1.165, 1.54) is 11.3 Å². The molecule has 1 rings (SSSR count). The third kappa shape index (κ3) is 1.77. The number of rotatable bonds is 3. The van der Waals surface area contributed by atoms with Crippen LogP contribution in [0.3, 0.4) is 0 Å². The van der Waals surface area contributed by atoms with Gasteiger partial charge in [0.05, 0.1) is 5.69 Å². The largest absolute Gasteiger partial charge is 0.365 e. The van der Waals surface area contributed by atoms with Gasteiger partial charge in [-0.3, -0.25) is 0 Å². The van der Waals surface area contributed by atoms with E-state index in [0.717, 1.165) is 22.0 Å². The van der Waals surface area contributed by atoms with E-state index in [-0.39, 0.29) is 0 Å². The summed E-state index contributed by atoms with van der Waals surface area (Å²) in [5.74, 6) is 0. The summed E-state index contributed by atoms with van der Waals surface area (Å²) in [6.07, 6.45) is 1.38.